The third-order valence-electron chi connectivity index (χ3n) is 2.07. The van der Waals surface area contributed by atoms with Crippen LogP contribution in [0.25, 0.3) is 0 Å². The summed E-state index contributed by atoms with van der Waals surface area (Å²) in [7, 11) is 0. The quantitative estimate of drug-likeness (QED) is 0.708. The summed E-state index contributed by atoms with van der Waals surface area (Å²) in [4.78, 5) is 1.45. The lowest BCUT2D eigenvalue weighted by molar-refractivity contribution is 0.456. The average Bonchev–Trinajstić information content (AvgIpc) is 2.54. The molecule has 3 N–H and O–H groups in total. The van der Waals surface area contributed by atoms with Gasteiger partial charge >= 0.3 is 0 Å². The van der Waals surface area contributed by atoms with Crippen molar-refractivity contribution in [3.63, 3.8) is 0 Å². The largest absolute Gasteiger partial charge is 0.326 e. The highest BCUT2D eigenvalue weighted by molar-refractivity contribution is 7.09. The Balaban J connectivity index is 2.00. The summed E-state index contributed by atoms with van der Waals surface area (Å²) in [6, 6.07) is 4.28. The lowest BCUT2D eigenvalue weighted by Gasteiger charge is -2.18. The highest BCUT2D eigenvalue weighted by atomic mass is 32.1. The van der Waals surface area contributed by atoms with E-state index in [0.717, 1.165) is 25.9 Å². The van der Waals surface area contributed by atoms with E-state index in [1.807, 2.05) is 11.3 Å². The monoisotopic (exact) mass is 212 g/mol. The van der Waals surface area contributed by atoms with Gasteiger partial charge in [-0.25, -0.2) is 0 Å². The Morgan fingerprint density at radius 1 is 1.43 bits per heavy atom. The Hall–Kier alpha value is -0.380. The van der Waals surface area contributed by atoms with E-state index < -0.39 is 0 Å². The predicted octanol–water partition coefficient (Wildman–Crippen LogP) is 2.01. The molecule has 80 valence electrons. The first kappa shape index (κ1) is 11.7. The summed E-state index contributed by atoms with van der Waals surface area (Å²) in [5.41, 5.74) is 5.83. The molecule has 0 bridgehead atoms. The van der Waals surface area contributed by atoms with Crippen LogP contribution in [0, 0.1) is 0 Å². The van der Waals surface area contributed by atoms with Crippen LogP contribution in [0.15, 0.2) is 17.5 Å². The molecule has 1 rings (SSSR count). The fourth-order valence-corrected chi connectivity index (χ4v) is 1.91. The molecule has 0 aliphatic rings. The summed E-state index contributed by atoms with van der Waals surface area (Å²) < 4.78 is 0. The van der Waals surface area contributed by atoms with Gasteiger partial charge in [0.2, 0.25) is 0 Å². The van der Waals surface area contributed by atoms with Crippen LogP contribution in [0.5, 0.6) is 0 Å². The summed E-state index contributed by atoms with van der Waals surface area (Å²) in [6.07, 6.45) is 2.15. The molecule has 0 saturated heterocycles. The maximum Gasteiger partial charge on any atom is 0.0109 e. The van der Waals surface area contributed by atoms with Crippen LogP contribution in [0.4, 0.5) is 0 Å². The Labute approximate surface area is 90.5 Å². The van der Waals surface area contributed by atoms with Crippen LogP contribution in [0.2, 0.25) is 0 Å². The molecular weight excluding hydrogens is 192 g/mol. The summed E-state index contributed by atoms with van der Waals surface area (Å²) >= 11 is 1.82. The van der Waals surface area contributed by atoms with Crippen molar-refractivity contribution in [1.29, 1.82) is 0 Å². The molecule has 0 unspecified atom stereocenters. The van der Waals surface area contributed by atoms with Gasteiger partial charge < -0.3 is 11.1 Å². The lowest BCUT2D eigenvalue weighted by Crippen LogP contribution is -2.36. The van der Waals surface area contributed by atoms with Gasteiger partial charge in [0.1, 0.15) is 0 Å². The van der Waals surface area contributed by atoms with Gasteiger partial charge in [0.25, 0.3) is 0 Å². The molecule has 0 radical (unpaired) electrons. The van der Waals surface area contributed by atoms with Crippen molar-refractivity contribution in [1.82, 2.24) is 5.32 Å². The molecule has 0 atom stereocenters. The smallest absolute Gasteiger partial charge is 0.0109 e. The first-order chi connectivity index (χ1) is 6.58. The number of hydrogen-bond acceptors (Lipinski definition) is 3. The van der Waals surface area contributed by atoms with Gasteiger partial charge in [0.15, 0.2) is 0 Å². The molecule has 0 fully saturated rings. The molecule has 2 nitrogen and oxygen atoms in total. The van der Waals surface area contributed by atoms with Crippen molar-refractivity contribution in [2.75, 3.05) is 13.1 Å². The van der Waals surface area contributed by atoms with E-state index in [9.17, 15) is 0 Å². The van der Waals surface area contributed by atoms with E-state index in [0.29, 0.717) is 0 Å². The molecule has 0 amide bonds. The Morgan fingerprint density at radius 2 is 2.21 bits per heavy atom. The van der Waals surface area contributed by atoms with Crippen molar-refractivity contribution < 1.29 is 0 Å². The van der Waals surface area contributed by atoms with E-state index in [1.165, 1.54) is 4.88 Å². The fourth-order valence-electron chi connectivity index (χ4n) is 1.20. The SMILES string of the molecule is CC(C)(N)CCNCCc1cccs1. The topological polar surface area (TPSA) is 38.0 Å². The molecule has 0 aliphatic carbocycles. The van der Waals surface area contributed by atoms with Gasteiger partial charge in [-0.15, -0.1) is 11.3 Å². The Kier molecular flexibility index (Phi) is 4.58. The number of nitrogens with two attached hydrogens (primary N) is 1. The van der Waals surface area contributed by atoms with E-state index in [-0.39, 0.29) is 5.54 Å². The maximum absolute atomic E-state index is 5.87. The van der Waals surface area contributed by atoms with Crippen LogP contribution >= 0.6 is 11.3 Å². The van der Waals surface area contributed by atoms with Crippen LogP contribution in [0.1, 0.15) is 25.1 Å². The molecule has 0 aliphatic heterocycles. The van der Waals surface area contributed by atoms with Crippen LogP contribution in [0.3, 0.4) is 0 Å². The number of hydrogen-bond donors (Lipinski definition) is 2. The highest BCUT2D eigenvalue weighted by Crippen LogP contribution is 2.08. The van der Waals surface area contributed by atoms with E-state index >= 15 is 0 Å². The molecule has 0 saturated carbocycles. The van der Waals surface area contributed by atoms with Crippen LogP contribution in [-0.2, 0) is 6.42 Å². The average molecular weight is 212 g/mol. The van der Waals surface area contributed by atoms with E-state index in [2.05, 4.69) is 36.7 Å². The molecule has 3 heteroatoms. The van der Waals surface area contributed by atoms with Crippen molar-refractivity contribution in [2.24, 2.45) is 5.73 Å². The Bertz CT molecular complexity index is 236. The summed E-state index contributed by atoms with van der Waals surface area (Å²) in [6.45, 7) is 6.19. The second-order valence-corrected chi connectivity index (χ2v) is 5.35. The van der Waals surface area contributed by atoms with E-state index in [4.69, 9.17) is 5.73 Å². The van der Waals surface area contributed by atoms with Crippen molar-refractivity contribution >= 4 is 11.3 Å². The molecule has 0 aromatic carbocycles. The minimum absolute atomic E-state index is 0.0457. The van der Waals surface area contributed by atoms with Gasteiger partial charge in [-0.05, 0) is 51.2 Å². The zero-order valence-electron chi connectivity index (χ0n) is 9.05. The molecule has 1 aromatic heterocycles. The first-order valence-corrected chi connectivity index (χ1v) is 5.98. The van der Waals surface area contributed by atoms with Gasteiger partial charge in [-0.2, -0.15) is 0 Å². The minimum Gasteiger partial charge on any atom is -0.326 e. The van der Waals surface area contributed by atoms with Gasteiger partial charge in [-0.1, -0.05) is 6.07 Å². The molecular formula is C11H20N2S. The van der Waals surface area contributed by atoms with E-state index in [1.54, 1.807) is 0 Å². The minimum atomic E-state index is -0.0457. The Morgan fingerprint density at radius 3 is 2.79 bits per heavy atom. The second kappa shape index (κ2) is 5.49. The van der Waals surface area contributed by atoms with Gasteiger partial charge in [0.05, 0.1) is 0 Å². The number of rotatable bonds is 6. The second-order valence-electron chi connectivity index (χ2n) is 4.32. The maximum atomic E-state index is 5.87. The standard InChI is InChI=1S/C11H20N2S/c1-11(2,12)6-8-13-7-5-10-4-3-9-14-10/h3-4,9,13H,5-8,12H2,1-2H3. The molecule has 1 aromatic rings. The van der Waals surface area contributed by atoms with Crippen molar-refractivity contribution in [3.8, 4) is 0 Å². The van der Waals surface area contributed by atoms with Crippen molar-refractivity contribution in [2.45, 2.75) is 32.2 Å². The van der Waals surface area contributed by atoms with Gasteiger partial charge in [-0.3, -0.25) is 0 Å². The third kappa shape index (κ3) is 5.37. The zero-order valence-corrected chi connectivity index (χ0v) is 9.86. The summed E-state index contributed by atoms with van der Waals surface area (Å²) in [5.74, 6) is 0. The normalized spacial score (nSPS) is 11.9. The predicted molar refractivity (Wildman–Crippen MR) is 63.8 cm³/mol. The van der Waals surface area contributed by atoms with Gasteiger partial charge in [0, 0.05) is 10.4 Å². The molecule has 14 heavy (non-hydrogen) atoms. The zero-order chi connectivity index (χ0) is 10.4. The number of nitrogens with one attached hydrogen (secondary N) is 1. The fraction of sp³-hybridized carbons (Fsp3) is 0.636. The highest BCUT2D eigenvalue weighted by Gasteiger charge is 2.08. The first-order valence-electron chi connectivity index (χ1n) is 5.10. The number of thiophene rings is 1. The molecule has 0 spiro atoms. The summed E-state index contributed by atoms with van der Waals surface area (Å²) in [5, 5.41) is 5.53. The van der Waals surface area contributed by atoms with Crippen molar-refractivity contribution in [3.05, 3.63) is 22.4 Å². The lowest BCUT2D eigenvalue weighted by atomic mass is 10.0. The third-order valence-corrected chi connectivity index (χ3v) is 3.01. The molecule has 1 heterocycles. The van der Waals surface area contributed by atoms with Crippen LogP contribution < -0.4 is 11.1 Å². The van der Waals surface area contributed by atoms with Crippen LogP contribution in [-0.4, -0.2) is 18.6 Å².